The van der Waals surface area contributed by atoms with Gasteiger partial charge < -0.3 is 0 Å². The van der Waals surface area contributed by atoms with E-state index in [9.17, 15) is 29.8 Å². The molecule has 162 valence electrons. The van der Waals surface area contributed by atoms with Gasteiger partial charge in [0.25, 0.3) is 17.5 Å². The van der Waals surface area contributed by atoms with Gasteiger partial charge >= 0.3 is 5.69 Å². The fourth-order valence-corrected chi connectivity index (χ4v) is 2.34. The average molecular weight is 439 g/mol. The standard InChI is InChI=1S/C17H13N9O6/c27-16(10-3-5-12(6-4-10)25(29)30)23-21-14-13(26(31)32)15(20-9-19-14)22-24-17(28)11-2-1-7-18-8-11/h1-9H,(H,23,27)(H,24,28)(H2,19,20,21,22). The van der Waals surface area contributed by atoms with Crippen molar-refractivity contribution in [1.82, 2.24) is 25.8 Å². The Hall–Kier alpha value is -5.21. The second-order valence-corrected chi connectivity index (χ2v) is 5.88. The molecule has 0 aliphatic rings. The molecular weight excluding hydrogens is 426 g/mol. The van der Waals surface area contributed by atoms with E-state index in [0.717, 1.165) is 18.5 Å². The largest absolute Gasteiger partial charge is 0.356 e. The SMILES string of the molecule is O=C(NNc1ncnc(NNC(=O)c2cccnc2)c1[N+](=O)[O-])c1ccc([N+](=O)[O-])cc1. The summed E-state index contributed by atoms with van der Waals surface area (Å²) >= 11 is 0. The molecule has 0 unspecified atom stereocenters. The van der Waals surface area contributed by atoms with Crippen LogP contribution in [0.1, 0.15) is 20.7 Å². The van der Waals surface area contributed by atoms with Crippen molar-refractivity contribution in [1.29, 1.82) is 0 Å². The predicted octanol–water partition coefficient (Wildman–Crippen LogP) is 1.20. The van der Waals surface area contributed by atoms with Gasteiger partial charge in [-0.2, -0.15) is 0 Å². The molecule has 0 radical (unpaired) electrons. The van der Waals surface area contributed by atoms with Crippen molar-refractivity contribution < 1.29 is 19.4 Å². The average Bonchev–Trinajstić information content (AvgIpc) is 2.81. The summed E-state index contributed by atoms with van der Waals surface area (Å²) in [6.07, 6.45) is 3.74. The number of rotatable bonds is 8. The molecule has 15 nitrogen and oxygen atoms in total. The minimum atomic E-state index is -0.821. The van der Waals surface area contributed by atoms with Crippen LogP contribution in [-0.2, 0) is 0 Å². The maximum Gasteiger partial charge on any atom is 0.356 e. The fourth-order valence-electron chi connectivity index (χ4n) is 2.34. The first-order chi connectivity index (χ1) is 15.4. The third-order valence-corrected chi connectivity index (χ3v) is 3.86. The Morgan fingerprint density at radius 2 is 1.41 bits per heavy atom. The van der Waals surface area contributed by atoms with Crippen molar-refractivity contribution in [2.75, 3.05) is 10.9 Å². The third kappa shape index (κ3) is 5.03. The van der Waals surface area contributed by atoms with Crippen LogP contribution in [-0.4, -0.2) is 36.6 Å². The van der Waals surface area contributed by atoms with Gasteiger partial charge in [-0.1, -0.05) is 0 Å². The van der Waals surface area contributed by atoms with Crippen molar-refractivity contribution in [2.45, 2.75) is 0 Å². The molecule has 0 saturated carbocycles. The molecule has 0 bridgehead atoms. The molecule has 0 spiro atoms. The topological polar surface area (TPSA) is 207 Å². The number of non-ortho nitro benzene ring substituents is 1. The first-order valence-electron chi connectivity index (χ1n) is 8.63. The molecule has 2 aromatic heterocycles. The highest BCUT2D eigenvalue weighted by Crippen LogP contribution is 2.27. The number of hydrogen-bond acceptors (Lipinski definition) is 11. The predicted molar refractivity (Wildman–Crippen MR) is 108 cm³/mol. The van der Waals surface area contributed by atoms with Gasteiger partial charge in [-0.25, -0.2) is 9.97 Å². The number of amides is 2. The Labute approximate surface area is 178 Å². The van der Waals surface area contributed by atoms with Gasteiger partial charge in [0.2, 0.25) is 11.6 Å². The van der Waals surface area contributed by atoms with Gasteiger partial charge in [0, 0.05) is 30.1 Å². The van der Waals surface area contributed by atoms with E-state index in [4.69, 9.17) is 0 Å². The van der Waals surface area contributed by atoms with Gasteiger partial charge in [0.1, 0.15) is 6.33 Å². The number of anilines is 2. The van der Waals surface area contributed by atoms with Gasteiger partial charge in [-0.3, -0.25) is 56.5 Å². The number of nitrogens with zero attached hydrogens (tertiary/aromatic N) is 5. The summed E-state index contributed by atoms with van der Waals surface area (Å²) in [6.45, 7) is 0. The van der Waals surface area contributed by atoms with E-state index in [1.807, 2.05) is 0 Å². The molecule has 1 aromatic carbocycles. The van der Waals surface area contributed by atoms with Gasteiger partial charge in [0.15, 0.2) is 0 Å². The summed E-state index contributed by atoms with van der Waals surface area (Å²) in [6, 6.07) is 7.72. The van der Waals surface area contributed by atoms with Crippen LogP contribution >= 0.6 is 0 Å². The zero-order valence-electron chi connectivity index (χ0n) is 15.9. The lowest BCUT2D eigenvalue weighted by molar-refractivity contribution is -0.384. The van der Waals surface area contributed by atoms with Gasteiger partial charge in [-0.15, -0.1) is 0 Å². The molecule has 2 heterocycles. The van der Waals surface area contributed by atoms with Crippen LogP contribution < -0.4 is 21.7 Å². The first kappa shape index (κ1) is 21.5. The van der Waals surface area contributed by atoms with Crippen LogP contribution in [0, 0.1) is 20.2 Å². The minimum absolute atomic E-state index is 0.0573. The Morgan fingerprint density at radius 3 is 1.91 bits per heavy atom. The maximum atomic E-state index is 12.2. The first-order valence-corrected chi connectivity index (χ1v) is 8.63. The van der Waals surface area contributed by atoms with Crippen molar-refractivity contribution in [3.8, 4) is 0 Å². The molecule has 0 atom stereocenters. The lowest BCUT2D eigenvalue weighted by Gasteiger charge is -2.11. The number of benzene rings is 1. The number of nitrogens with one attached hydrogen (secondary N) is 4. The number of aromatic nitrogens is 3. The Morgan fingerprint density at radius 1 is 0.812 bits per heavy atom. The van der Waals surface area contributed by atoms with Crippen LogP contribution in [0.5, 0.6) is 0 Å². The van der Waals surface area contributed by atoms with Crippen LogP contribution in [0.25, 0.3) is 0 Å². The maximum absolute atomic E-state index is 12.2. The number of nitro groups is 2. The van der Waals surface area contributed by atoms with Crippen molar-refractivity contribution >= 4 is 34.8 Å². The van der Waals surface area contributed by atoms with Gasteiger partial charge in [0.05, 0.1) is 15.4 Å². The van der Waals surface area contributed by atoms with E-state index in [-0.39, 0.29) is 28.5 Å². The highest BCUT2D eigenvalue weighted by Gasteiger charge is 2.24. The summed E-state index contributed by atoms with van der Waals surface area (Å²) in [5.74, 6) is -2.08. The number of hydrazine groups is 2. The lowest BCUT2D eigenvalue weighted by atomic mass is 10.2. The van der Waals surface area contributed by atoms with E-state index < -0.39 is 27.3 Å². The Balaban J connectivity index is 1.71. The van der Waals surface area contributed by atoms with Crippen molar-refractivity contribution in [3.63, 3.8) is 0 Å². The molecule has 2 amide bonds. The van der Waals surface area contributed by atoms with E-state index in [1.54, 1.807) is 0 Å². The molecule has 4 N–H and O–H groups in total. The molecule has 3 rings (SSSR count). The normalized spacial score (nSPS) is 10.0. The molecule has 0 aliphatic carbocycles. The van der Waals surface area contributed by atoms with Gasteiger partial charge in [-0.05, 0) is 24.3 Å². The van der Waals surface area contributed by atoms with Crippen molar-refractivity contribution in [3.05, 3.63) is 86.5 Å². The number of pyridine rings is 1. The molecule has 3 aromatic rings. The highest BCUT2D eigenvalue weighted by atomic mass is 16.6. The number of nitro benzene ring substituents is 1. The van der Waals surface area contributed by atoms with E-state index in [2.05, 4.69) is 36.7 Å². The quantitative estimate of drug-likeness (QED) is 0.289. The van der Waals surface area contributed by atoms with Crippen LogP contribution in [0.15, 0.2) is 55.1 Å². The van der Waals surface area contributed by atoms with E-state index in [1.165, 1.54) is 36.7 Å². The molecule has 0 aliphatic heterocycles. The minimum Gasteiger partial charge on any atom is -0.276 e. The smallest absolute Gasteiger partial charge is 0.276 e. The molecule has 32 heavy (non-hydrogen) atoms. The second kappa shape index (κ2) is 9.53. The number of carbonyl (C=O) groups excluding carboxylic acids is 2. The molecule has 15 heteroatoms. The Kier molecular flexibility index (Phi) is 6.40. The summed E-state index contributed by atoms with van der Waals surface area (Å²) in [5.41, 5.74) is 8.47. The summed E-state index contributed by atoms with van der Waals surface area (Å²) in [7, 11) is 0. The van der Waals surface area contributed by atoms with Crippen molar-refractivity contribution in [2.24, 2.45) is 0 Å². The summed E-state index contributed by atoms with van der Waals surface area (Å²) < 4.78 is 0. The zero-order valence-corrected chi connectivity index (χ0v) is 15.9. The zero-order chi connectivity index (χ0) is 23.1. The van der Waals surface area contributed by atoms with Crippen LogP contribution in [0.4, 0.5) is 23.0 Å². The second-order valence-electron chi connectivity index (χ2n) is 5.88. The summed E-state index contributed by atoms with van der Waals surface area (Å²) in [4.78, 5) is 56.3. The van der Waals surface area contributed by atoms with E-state index in [0.29, 0.717) is 0 Å². The van der Waals surface area contributed by atoms with Crippen LogP contribution in [0.2, 0.25) is 0 Å². The van der Waals surface area contributed by atoms with Crippen LogP contribution in [0.3, 0.4) is 0 Å². The molecular formula is C17H13N9O6. The molecule has 0 fully saturated rings. The number of carbonyl (C=O) groups is 2. The highest BCUT2D eigenvalue weighted by molar-refractivity contribution is 5.96. The fraction of sp³-hybridized carbons (Fsp3) is 0. The lowest BCUT2D eigenvalue weighted by Crippen LogP contribution is -2.32. The number of hydrogen-bond donors (Lipinski definition) is 4. The summed E-state index contributed by atoms with van der Waals surface area (Å²) in [5, 5.41) is 22.2. The third-order valence-electron chi connectivity index (χ3n) is 3.86. The monoisotopic (exact) mass is 439 g/mol. The Bertz CT molecular complexity index is 1170. The van der Waals surface area contributed by atoms with E-state index >= 15 is 0 Å². The molecule has 0 saturated heterocycles.